The topological polar surface area (TPSA) is 69.0 Å². The van der Waals surface area contributed by atoms with Gasteiger partial charge in [0, 0.05) is 41.2 Å². The van der Waals surface area contributed by atoms with Crippen molar-refractivity contribution in [3.8, 4) is 0 Å². The van der Waals surface area contributed by atoms with Crippen LogP contribution in [0.4, 0.5) is 14.7 Å². The summed E-state index contributed by atoms with van der Waals surface area (Å²) in [6.45, 7) is 7.43. The van der Waals surface area contributed by atoms with Crippen molar-refractivity contribution in [2.75, 3.05) is 18.0 Å². The van der Waals surface area contributed by atoms with Gasteiger partial charge in [-0.1, -0.05) is 0 Å². The molecule has 0 N–H and O–H groups in total. The van der Waals surface area contributed by atoms with E-state index in [2.05, 4.69) is 33.9 Å². The van der Waals surface area contributed by atoms with Gasteiger partial charge in [0.15, 0.2) is 5.65 Å². The molecular formula is C27H34F2N6O. The number of rotatable bonds is 5. The molecule has 0 unspecified atom stereocenters. The highest BCUT2D eigenvalue weighted by molar-refractivity contribution is 5.80. The lowest BCUT2D eigenvalue weighted by Crippen LogP contribution is -2.43. The fourth-order valence-electron chi connectivity index (χ4n) is 5.71. The van der Waals surface area contributed by atoms with Crippen LogP contribution in [-0.2, 0) is 4.74 Å². The molecule has 0 spiro atoms. The number of ether oxygens (including phenoxy) is 1. The zero-order chi connectivity index (χ0) is 25.0. The Hall–Kier alpha value is -2.68. The van der Waals surface area contributed by atoms with E-state index in [1.807, 2.05) is 20.0 Å². The maximum absolute atomic E-state index is 13.3. The molecule has 4 heterocycles. The molecule has 7 nitrogen and oxygen atoms in total. The summed E-state index contributed by atoms with van der Waals surface area (Å²) in [7, 11) is 0. The number of fused-ring (bicyclic) bond motifs is 1. The predicted octanol–water partition coefficient (Wildman–Crippen LogP) is 5.68. The van der Waals surface area contributed by atoms with Gasteiger partial charge in [-0.15, -0.1) is 0 Å². The van der Waals surface area contributed by atoms with Crippen LogP contribution in [0.2, 0.25) is 0 Å². The Labute approximate surface area is 210 Å². The lowest BCUT2D eigenvalue weighted by molar-refractivity contribution is -0.0179. The van der Waals surface area contributed by atoms with Crippen molar-refractivity contribution < 1.29 is 13.5 Å². The van der Waals surface area contributed by atoms with Crippen LogP contribution in [0.25, 0.3) is 11.0 Å². The predicted molar refractivity (Wildman–Crippen MR) is 134 cm³/mol. The maximum atomic E-state index is 13.3. The van der Waals surface area contributed by atoms with Crippen molar-refractivity contribution in [1.82, 2.24) is 24.7 Å². The summed E-state index contributed by atoms with van der Waals surface area (Å²) in [4.78, 5) is 17.0. The number of alkyl halides is 2. The van der Waals surface area contributed by atoms with E-state index in [0.717, 1.165) is 40.7 Å². The van der Waals surface area contributed by atoms with E-state index >= 15 is 0 Å². The Balaban J connectivity index is 1.33. The standard InChI is InChI=1S/C27H34F2N6O/c1-15-10-22-24(18-4-6-19(7-5-18)25(28)29)32-27(33-26(22)31-17(15)3)34-12-16(2)36-23(14-34)20-11-30-35(13-20)21-8-9-21/h10-11,13,16,18-19,21,23,25H,4-9,12,14H2,1-3H3/t16-,18?,19?,23+/m0/s1. The van der Waals surface area contributed by atoms with Crippen molar-refractivity contribution in [3.63, 3.8) is 0 Å². The number of hydrogen-bond acceptors (Lipinski definition) is 6. The molecule has 3 aromatic rings. The average Bonchev–Trinajstić information content (AvgIpc) is 3.60. The van der Waals surface area contributed by atoms with Gasteiger partial charge in [-0.05, 0) is 70.9 Å². The molecule has 0 bridgehead atoms. The number of halogens is 2. The minimum Gasteiger partial charge on any atom is -0.367 e. The number of aryl methyl sites for hydroxylation is 2. The van der Waals surface area contributed by atoms with E-state index in [-0.39, 0.29) is 18.1 Å². The van der Waals surface area contributed by atoms with Gasteiger partial charge in [0.25, 0.3) is 0 Å². The molecule has 1 saturated heterocycles. The Morgan fingerprint density at radius 1 is 1.00 bits per heavy atom. The van der Waals surface area contributed by atoms with Crippen LogP contribution < -0.4 is 4.90 Å². The van der Waals surface area contributed by atoms with Gasteiger partial charge in [0.1, 0.15) is 6.10 Å². The first-order valence-corrected chi connectivity index (χ1v) is 13.2. The van der Waals surface area contributed by atoms with Gasteiger partial charge >= 0.3 is 0 Å². The second kappa shape index (κ2) is 9.32. The number of morpholine rings is 1. The fourth-order valence-corrected chi connectivity index (χ4v) is 5.71. The number of pyridine rings is 1. The van der Waals surface area contributed by atoms with Crippen LogP contribution in [0.15, 0.2) is 18.5 Å². The Kier molecular flexibility index (Phi) is 6.14. The molecule has 1 aliphatic heterocycles. The zero-order valence-corrected chi connectivity index (χ0v) is 21.2. The molecule has 0 amide bonds. The van der Waals surface area contributed by atoms with Gasteiger partial charge in [-0.25, -0.2) is 18.7 Å². The zero-order valence-electron chi connectivity index (χ0n) is 21.2. The summed E-state index contributed by atoms with van der Waals surface area (Å²) >= 11 is 0. The molecule has 192 valence electrons. The maximum Gasteiger partial charge on any atom is 0.241 e. The smallest absolute Gasteiger partial charge is 0.241 e. The van der Waals surface area contributed by atoms with Crippen molar-refractivity contribution in [1.29, 1.82) is 0 Å². The van der Waals surface area contributed by atoms with Crippen LogP contribution in [-0.4, -0.2) is 50.4 Å². The Morgan fingerprint density at radius 3 is 2.50 bits per heavy atom. The molecular weight excluding hydrogens is 462 g/mol. The SMILES string of the molecule is Cc1cc2c(C3CCC(C(F)F)CC3)nc(N3C[C@H](C)O[C@@H](c4cnn(C5CC5)c4)C3)nc2nc1C. The molecule has 3 fully saturated rings. The van der Waals surface area contributed by atoms with Gasteiger partial charge in [0.2, 0.25) is 12.4 Å². The summed E-state index contributed by atoms with van der Waals surface area (Å²) < 4.78 is 35.0. The number of anilines is 1. The lowest BCUT2D eigenvalue weighted by atomic mass is 9.80. The molecule has 0 radical (unpaired) electrons. The van der Waals surface area contributed by atoms with E-state index in [1.165, 1.54) is 12.8 Å². The highest BCUT2D eigenvalue weighted by Gasteiger charge is 2.33. The second-order valence-electron chi connectivity index (χ2n) is 10.9. The molecule has 0 aromatic carbocycles. The summed E-state index contributed by atoms with van der Waals surface area (Å²) in [6, 6.07) is 2.65. The van der Waals surface area contributed by atoms with E-state index < -0.39 is 12.3 Å². The molecule has 3 aromatic heterocycles. The molecule has 2 aliphatic carbocycles. The molecule has 2 atom stereocenters. The monoisotopic (exact) mass is 496 g/mol. The molecule has 36 heavy (non-hydrogen) atoms. The minimum absolute atomic E-state index is 0.00460. The summed E-state index contributed by atoms with van der Waals surface area (Å²) in [6.07, 6.45) is 6.55. The van der Waals surface area contributed by atoms with E-state index in [4.69, 9.17) is 19.7 Å². The van der Waals surface area contributed by atoms with Gasteiger partial charge in [-0.3, -0.25) is 4.68 Å². The van der Waals surface area contributed by atoms with Crippen LogP contribution in [0.3, 0.4) is 0 Å². The van der Waals surface area contributed by atoms with E-state index in [9.17, 15) is 8.78 Å². The quantitative estimate of drug-likeness (QED) is 0.453. The summed E-state index contributed by atoms with van der Waals surface area (Å²) in [5.74, 6) is 0.284. The van der Waals surface area contributed by atoms with Gasteiger partial charge in [0.05, 0.1) is 30.6 Å². The van der Waals surface area contributed by atoms with Gasteiger partial charge < -0.3 is 9.64 Å². The van der Waals surface area contributed by atoms with E-state index in [1.54, 1.807) is 0 Å². The van der Waals surface area contributed by atoms with Crippen LogP contribution in [0.1, 0.15) is 86.0 Å². The Morgan fingerprint density at radius 2 is 1.78 bits per heavy atom. The molecule has 6 rings (SSSR count). The first-order chi connectivity index (χ1) is 17.4. The number of hydrogen-bond donors (Lipinski definition) is 0. The third kappa shape index (κ3) is 4.58. The summed E-state index contributed by atoms with van der Waals surface area (Å²) in [5, 5.41) is 5.50. The average molecular weight is 497 g/mol. The van der Waals surface area contributed by atoms with Crippen LogP contribution >= 0.6 is 0 Å². The Bertz CT molecular complexity index is 1250. The first-order valence-electron chi connectivity index (χ1n) is 13.2. The fraction of sp³-hybridized carbons (Fsp3) is 0.630. The van der Waals surface area contributed by atoms with Crippen LogP contribution in [0, 0.1) is 19.8 Å². The normalized spacial score (nSPS) is 27.2. The molecule has 2 saturated carbocycles. The number of aromatic nitrogens is 5. The summed E-state index contributed by atoms with van der Waals surface area (Å²) in [5.41, 5.74) is 4.76. The second-order valence-corrected chi connectivity index (χ2v) is 10.9. The largest absolute Gasteiger partial charge is 0.367 e. The highest BCUT2D eigenvalue weighted by Crippen LogP contribution is 2.41. The number of nitrogens with zero attached hydrogens (tertiary/aromatic N) is 6. The van der Waals surface area contributed by atoms with Crippen molar-refractivity contribution in [2.24, 2.45) is 5.92 Å². The minimum atomic E-state index is -2.24. The molecule has 3 aliphatic rings. The van der Waals surface area contributed by atoms with Crippen molar-refractivity contribution in [3.05, 3.63) is 41.0 Å². The molecule has 9 heteroatoms. The third-order valence-corrected chi connectivity index (χ3v) is 8.12. The van der Waals surface area contributed by atoms with Crippen molar-refractivity contribution in [2.45, 2.75) is 89.9 Å². The van der Waals surface area contributed by atoms with E-state index in [0.29, 0.717) is 43.6 Å². The first kappa shape index (κ1) is 23.7. The van der Waals surface area contributed by atoms with Gasteiger partial charge in [-0.2, -0.15) is 10.1 Å². The highest BCUT2D eigenvalue weighted by atomic mass is 19.3. The lowest BCUT2D eigenvalue weighted by Gasteiger charge is -2.37. The third-order valence-electron chi connectivity index (χ3n) is 8.12. The van der Waals surface area contributed by atoms with Crippen LogP contribution in [0.5, 0.6) is 0 Å². The van der Waals surface area contributed by atoms with Crippen molar-refractivity contribution >= 4 is 17.0 Å².